The monoisotopic (exact) mass is 288 g/mol. The number of carbonyl (C=O) groups is 1. The predicted octanol–water partition coefficient (Wildman–Crippen LogP) is 2.69. The van der Waals surface area contributed by atoms with Crippen molar-refractivity contribution in [3.05, 3.63) is 29.3 Å². The number of piperidine rings is 1. The molecule has 1 fully saturated rings. The highest BCUT2D eigenvalue weighted by atomic mass is 16.5. The highest BCUT2D eigenvalue weighted by molar-refractivity contribution is 5.95. The maximum absolute atomic E-state index is 12.7. The Bertz CT molecular complexity index is 544. The van der Waals surface area contributed by atoms with Crippen LogP contribution in [0.25, 0.3) is 0 Å². The van der Waals surface area contributed by atoms with Crippen LogP contribution < -0.4 is 5.32 Å². The number of hydrogen-bond acceptors (Lipinski definition) is 3. The molecule has 2 heterocycles. The topological polar surface area (TPSA) is 41.6 Å². The number of carbonyl (C=O) groups excluding carboxylic acids is 1. The number of rotatable bonds is 2. The van der Waals surface area contributed by atoms with Crippen molar-refractivity contribution in [3.63, 3.8) is 0 Å². The number of ether oxygens (including phenoxy) is 1. The summed E-state index contributed by atoms with van der Waals surface area (Å²) in [5.74, 6) is 0.131. The first-order valence-electron chi connectivity index (χ1n) is 7.82. The fourth-order valence-corrected chi connectivity index (χ4v) is 3.34. The van der Waals surface area contributed by atoms with Crippen LogP contribution in [-0.2, 0) is 11.2 Å². The summed E-state index contributed by atoms with van der Waals surface area (Å²) in [4.78, 5) is 14.7. The molecule has 1 N–H and O–H groups in total. The molecular formula is C17H24N2O2. The molecule has 1 amide bonds. The molecule has 0 saturated carbocycles. The average Bonchev–Trinajstić information content (AvgIpc) is 2.54. The summed E-state index contributed by atoms with van der Waals surface area (Å²) < 4.78 is 5.58. The Balaban J connectivity index is 1.78. The number of benzene rings is 1. The van der Waals surface area contributed by atoms with Crippen LogP contribution in [0.5, 0.6) is 0 Å². The van der Waals surface area contributed by atoms with Crippen LogP contribution in [0.15, 0.2) is 18.2 Å². The van der Waals surface area contributed by atoms with E-state index in [4.69, 9.17) is 4.74 Å². The average molecular weight is 288 g/mol. The highest BCUT2D eigenvalue weighted by Crippen LogP contribution is 2.27. The standard InChI is InChI=1S/C17H24N2O2/c1-17(21-2)8-4-10-19(12-17)16(20)14-6-7-15-13(11-14)5-3-9-18-15/h6-7,11,18H,3-5,8-10,12H2,1-2H3. The van der Waals surface area contributed by atoms with Crippen molar-refractivity contribution in [3.8, 4) is 0 Å². The minimum atomic E-state index is -0.205. The second kappa shape index (κ2) is 5.68. The van der Waals surface area contributed by atoms with Crippen molar-refractivity contribution in [2.45, 2.75) is 38.2 Å². The lowest BCUT2D eigenvalue weighted by Crippen LogP contribution is -2.49. The van der Waals surface area contributed by atoms with E-state index in [1.165, 1.54) is 11.3 Å². The van der Waals surface area contributed by atoms with E-state index in [1.807, 2.05) is 17.0 Å². The van der Waals surface area contributed by atoms with Gasteiger partial charge >= 0.3 is 0 Å². The number of fused-ring (bicyclic) bond motifs is 1. The Hall–Kier alpha value is -1.55. The molecule has 4 heteroatoms. The number of methoxy groups -OCH3 is 1. The summed E-state index contributed by atoms with van der Waals surface area (Å²) in [6.45, 7) is 4.62. The first-order valence-corrected chi connectivity index (χ1v) is 7.82. The highest BCUT2D eigenvalue weighted by Gasteiger charge is 2.33. The molecule has 0 bridgehead atoms. The van der Waals surface area contributed by atoms with Gasteiger partial charge in [-0.3, -0.25) is 4.79 Å². The molecule has 21 heavy (non-hydrogen) atoms. The molecule has 0 aliphatic carbocycles. The summed E-state index contributed by atoms with van der Waals surface area (Å²) in [7, 11) is 1.73. The molecule has 114 valence electrons. The fourth-order valence-electron chi connectivity index (χ4n) is 3.34. The zero-order chi connectivity index (χ0) is 14.9. The van der Waals surface area contributed by atoms with Gasteiger partial charge in [-0.2, -0.15) is 0 Å². The Morgan fingerprint density at radius 2 is 2.24 bits per heavy atom. The van der Waals surface area contributed by atoms with E-state index in [0.717, 1.165) is 44.3 Å². The maximum atomic E-state index is 12.7. The van der Waals surface area contributed by atoms with Crippen molar-refractivity contribution in [2.75, 3.05) is 32.1 Å². The number of aryl methyl sites for hydroxylation is 1. The third-order valence-electron chi connectivity index (χ3n) is 4.73. The van der Waals surface area contributed by atoms with Crippen LogP contribution in [0.1, 0.15) is 42.1 Å². The van der Waals surface area contributed by atoms with Gasteiger partial charge in [-0.25, -0.2) is 0 Å². The van der Waals surface area contributed by atoms with Gasteiger partial charge in [0.2, 0.25) is 0 Å². The number of anilines is 1. The number of nitrogens with one attached hydrogen (secondary N) is 1. The van der Waals surface area contributed by atoms with E-state index in [1.54, 1.807) is 7.11 Å². The van der Waals surface area contributed by atoms with Gasteiger partial charge in [0.1, 0.15) is 0 Å². The van der Waals surface area contributed by atoms with E-state index < -0.39 is 0 Å². The SMILES string of the molecule is COC1(C)CCCN(C(=O)c2ccc3c(c2)CCCN3)C1. The molecule has 1 aromatic rings. The lowest BCUT2D eigenvalue weighted by atomic mass is 9.93. The van der Waals surface area contributed by atoms with Gasteiger partial charge in [0.05, 0.1) is 5.60 Å². The lowest BCUT2D eigenvalue weighted by molar-refractivity contribution is -0.0440. The van der Waals surface area contributed by atoms with E-state index in [9.17, 15) is 4.79 Å². The molecule has 1 saturated heterocycles. The van der Waals surface area contributed by atoms with Gasteiger partial charge in [-0.15, -0.1) is 0 Å². The summed E-state index contributed by atoms with van der Waals surface area (Å²) in [5, 5.41) is 3.39. The zero-order valence-electron chi connectivity index (χ0n) is 12.9. The number of likely N-dealkylation sites (tertiary alicyclic amines) is 1. The van der Waals surface area contributed by atoms with Crippen molar-refractivity contribution in [2.24, 2.45) is 0 Å². The van der Waals surface area contributed by atoms with Crippen LogP contribution in [0.4, 0.5) is 5.69 Å². The smallest absolute Gasteiger partial charge is 0.253 e. The molecule has 2 aliphatic heterocycles. The normalized spacial score (nSPS) is 25.1. The van der Waals surface area contributed by atoms with E-state index in [2.05, 4.69) is 18.3 Å². The fraction of sp³-hybridized carbons (Fsp3) is 0.588. The second-order valence-electron chi connectivity index (χ2n) is 6.39. The quantitative estimate of drug-likeness (QED) is 0.909. The van der Waals surface area contributed by atoms with Gasteiger partial charge in [-0.1, -0.05) is 0 Å². The van der Waals surface area contributed by atoms with Crippen LogP contribution in [0.3, 0.4) is 0 Å². The van der Waals surface area contributed by atoms with E-state index in [-0.39, 0.29) is 11.5 Å². The van der Waals surface area contributed by atoms with Crippen molar-refractivity contribution >= 4 is 11.6 Å². The number of amides is 1. The molecule has 0 spiro atoms. The predicted molar refractivity (Wildman–Crippen MR) is 83.8 cm³/mol. The van der Waals surface area contributed by atoms with Gasteiger partial charge in [0.25, 0.3) is 5.91 Å². The zero-order valence-corrected chi connectivity index (χ0v) is 12.9. The molecule has 2 aliphatic rings. The first kappa shape index (κ1) is 14.4. The number of hydrogen-bond donors (Lipinski definition) is 1. The van der Waals surface area contributed by atoms with Gasteiger partial charge in [0, 0.05) is 38.0 Å². The van der Waals surface area contributed by atoms with Crippen molar-refractivity contribution in [1.29, 1.82) is 0 Å². The molecule has 1 unspecified atom stereocenters. The molecule has 1 aromatic carbocycles. The van der Waals surface area contributed by atoms with Gasteiger partial charge in [0.15, 0.2) is 0 Å². The Morgan fingerprint density at radius 3 is 3.05 bits per heavy atom. The van der Waals surface area contributed by atoms with Crippen molar-refractivity contribution in [1.82, 2.24) is 4.90 Å². The molecular weight excluding hydrogens is 264 g/mol. The molecule has 1 atom stereocenters. The van der Waals surface area contributed by atoms with Crippen LogP contribution in [-0.4, -0.2) is 43.2 Å². The lowest BCUT2D eigenvalue weighted by Gasteiger charge is -2.39. The van der Waals surface area contributed by atoms with E-state index >= 15 is 0 Å². The Labute approximate surface area is 126 Å². The second-order valence-corrected chi connectivity index (χ2v) is 6.39. The molecule has 0 aromatic heterocycles. The van der Waals surface area contributed by atoms with Crippen LogP contribution in [0, 0.1) is 0 Å². The van der Waals surface area contributed by atoms with Crippen LogP contribution >= 0.6 is 0 Å². The summed E-state index contributed by atoms with van der Waals surface area (Å²) in [5.41, 5.74) is 3.04. The Kier molecular flexibility index (Phi) is 3.89. The largest absolute Gasteiger partial charge is 0.385 e. The minimum absolute atomic E-state index is 0.131. The van der Waals surface area contributed by atoms with E-state index in [0.29, 0.717) is 6.54 Å². The Morgan fingerprint density at radius 1 is 1.38 bits per heavy atom. The summed E-state index contributed by atoms with van der Waals surface area (Å²) in [6, 6.07) is 6.04. The summed E-state index contributed by atoms with van der Waals surface area (Å²) >= 11 is 0. The third-order valence-corrected chi connectivity index (χ3v) is 4.73. The molecule has 3 rings (SSSR count). The van der Waals surface area contributed by atoms with Crippen LogP contribution in [0.2, 0.25) is 0 Å². The minimum Gasteiger partial charge on any atom is -0.385 e. The molecule has 4 nitrogen and oxygen atoms in total. The van der Waals surface area contributed by atoms with Crippen molar-refractivity contribution < 1.29 is 9.53 Å². The molecule has 0 radical (unpaired) electrons. The first-order chi connectivity index (χ1) is 10.1. The maximum Gasteiger partial charge on any atom is 0.253 e. The van der Waals surface area contributed by atoms with Gasteiger partial charge < -0.3 is 15.0 Å². The number of nitrogens with zero attached hydrogens (tertiary/aromatic N) is 1. The third kappa shape index (κ3) is 2.91. The van der Waals surface area contributed by atoms with Gasteiger partial charge in [-0.05, 0) is 56.4 Å². The summed E-state index contributed by atoms with van der Waals surface area (Å²) in [6.07, 6.45) is 4.21.